The van der Waals surface area contributed by atoms with Crippen LogP contribution in [0.2, 0.25) is 0 Å². The Balaban J connectivity index is 0.00000208. The third-order valence-electron chi connectivity index (χ3n) is 3.28. The molecule has 24 heavy (non-hydrogen) atoms. The summed E-state index contributed by atoms with van der Waals surface area (Å²) >= 11 is 0. The topological polar surface area (TPSA) is 99.6 Å². The molecule has 0 saturated heterocycles. The predicted molar refractivity (Wildman–Crippen MR) is 102 cm³/mol. The second-order valence-corrected chi connectivity index (χ2v) is 5.19. The van der Waals surface area contributed by atoms with Crippen molar-refractivity contribution in [1.29, 1.82) is 0 Å². The zero-order valence-corrected chi connectivity index (χ0v) is 15.8. The normalized spacial score (nSPS) is 13.8. The Morgan fingerprint density at radius 3 is 2.88 bits per heavy atom. The van der Waals surface area contributed by atoms with Crippen LogP contribution in [0.3, 0.4) is 0 Å². The van der Waals surface area contributed by atoms with Crippen LogP contribution in [-0.4, -0.2) is 40.5 Å². The van der Waals surface area contributed by atoms with Gasteiger partial charge in [0.1, 0.15) is 6.33 Å². The molecule has 3 N–H and O–H groups in total. The molecule has 0 saturated carbocycles. The van der Waals surface area contributed by atoms with Crippen molar-refractivity contribution in [2.24, 2.45) is 17.8 Å². The van der Waals surface area contributed by atoms with Gasteiger partial charge in [-0.1, -0.05) is 0 Å². The molecular formula is C15H21IN6O2. The molecule has 130 valence electrons. The first-order valence-corrected chi connectivity index (χ1v) is 7.52. The molecule has 0 amide bonds. The predicted octanol–water partition coefficient (Wildman–Crippen LogP) is 1.56. The van der Waals surface area contributed by atoms with Gasteiger partial charge >= 0.3 is 0 Å². The van der Waals surface area contributed by atoms with Gasteiger partial charge in [-0.25, -0.2) is 4.98 Å². The number of anilines is 1. The zero-order chi connectivity index (χ0) is 16.1. The van der Waals surface area contributed by atoms with E-state index in [2.05, 4.69) is 20.4 Å². The number of hydrogen-bond acceptors (Lipinski definition) is 5. The van der Waals surface area contributed by atoms with Crippen LogP contribution in [0, 0.1) is 0 Å². The number of nitrogens with zero attached hydrogens (tertiary/aromatic N) is 4. The molecule has 0 fully saturated rings. The summed E-state index contributed by atoms with van der Waals surface area (Å²) in [6, 6.07) is 5.62. The van der Waals surface area contributed by atoms with Crippen molar-refractivity contribution in [3.8, 4) is 11.5 Å². The summed E-state index contributed by atoms with van der Waals surface area (Å²) in [5, 5.41) is 7.24. The third-order valence-corrected chi connectivity index (χ3v) is 3.28. The molecule has 0 bridgehead atoms. The van der Waals surface area contributed by atoms with Gasteiger partial charge in [0, 0.05) is 38.2 Å². The average Bonchev–Trinajstić information content (AvgIpc) is 2.81. The van der Waals surface area contributed by atoms with Crippen LogP contribution >= 0.6 is 24.0 Å². The first-order valence-electron chi connectivity index (χ1n) is 7.52. The van der Waals surface area contributed by atoms with Crippen molar-refractivity contribution < 1.29 is 9.47 Å². The Hall–Kier alpha value is -2.04. The molecule has 0 radical (unpaired) electrons. The monoisotopic (exact) mass is 444 g/mol. The van der Waals surface area contributed by atoms with Gasteiger partial charge in [0.2, 0.25) is 0 Å². The maximum absolute atomic E-state index is 5.90. The fraction of sp³-hybridized carbons (Fsp3) is 0.400. The van der Waals surface area contributed by atoms with Crippen LogP contribution in [0.4, 0.5) is 5.69 Å². The van der Waals surface area contributed by atoms with E-state index in [-0.39, 0.29) is 24.0 Å². The molecule has 1 aliphatic rings. The summed E-state index contributed by atoms with van der Waals surface area (Å²) in [5.74, 6) is 2.57. The average molecular weight is 444 g/mol. The molecule has 1 aromatic heterocycles. The molecule has 2 heterocycles. The van der Waals surface area contributed by atoms with Crippen molar-refractivity contribution in [3.05, 3.63) is 30.4 Å². The summed E-state index contributed by atoms with van der Waals surface area (Å²) in [5.41, 5.74) is 6.71. The zero-order valence-electron chi connectivity index (χ0n) is 13.4. The Bertz CT molecular complexity index is 703. The van der Waals surface area contributed by atoms with Gasteiger partial charge in [-0.2, -0.15) is 5.10 Å². The molecule has 0 atom stereocenters. The highest BCUT2D eigenvalue weighted by molar-refractivity contribution is 14.0. The van der Waals surface area contributed by atoms with E-state index >= 15 is 0 Å². The summed E-state index contributed by atoms with van der Waals surface area (Å²) in [4.78, 5) is 8.42. The van der Waals surface area contributed by atoms with E-state index in [1.54, 1.807) is 11.0 Å². The van der Waals surface area contributed by atoms with Crippen molar-refractivity contribution >= 4 is 35.6 Å². The number of nitrogens with one attached hydrogen (secondary N) is 1. The summed E-state index contributed by atoms with van der Waals surface area (Å²) in [6.45, 7) is 1.84. The number of ether oxygens (including phenoxy) is 2. The number of fused-ring (bicyclic) bond motifs is 1. The highest BCUT2D eigenvalue weighted by Gasteiger charge is 2.10. The van der Waals surface area contributed by atoms with E-state index in [9.17, 15) is 0 Å². The lowest BCUT2D eigenvalue weighted by Crippen LogP contribution is -2.23. The van der Waals surface area contributed by atoms with Gasteiger partial charge < -0.3 is 20.5 Å². The van der Waals surface area contributed by atoms with Gasteiger partial charge in [-0.05, 0) is 12.1 Å². The van der Waals surface area contributed by atoms with Crippen LogP contribution in [0.25, 0.3) is 0 Å². The number of hydrogen-bond donors (Lipinski definition) is 2. The van der Waals surface area contributed by atoms with Crippen molar-refractivity contribution in [3.63, 3.8) is 0 Å². The van der Waals surface area contributed by atoms with E-state index in [0.29, 0.717) is 32.1 Å². The first-order chi connectivity index (χ1) is 11.2. The van der Waals surface area contributed by atoms with Crippen LogP contribution in [0.15, 0.2) is 29.5 Å². The SMILES string of the molecule is Cn1cnc(CCN=C(N)Nc2ccc3c(c2)OCCCO3)n1.I. The number of halogens is 1. The van der Waals surface area contributed by atoms with Crippen LogP contribution in [-0.2, 0) is 13.5 Å². The minimum absolute atomic E-state index is 0. The van der Waals surface area contributed by atoms with Gasteiger partial charge in [0.25, 0.3) is 0 Å². The number of aromatic nitrogens is 3. The standard InChI is InChI=1S/C15H20N6O2.HI/c1-21-10-18-14(20-21)5-6-17-15(16)19-11-3-4-12-13(9-11)23-8-2-7-22-12;/h3-4,9-10H,2,5-8H2,1H3,(H3,16,17,19);1H. The van der Waals surface area contributed by atoms with Gasteiger partial charge in [0.15, 0.2) is 23.3 Å². The lowest BCUT2D eigenvalue weighted by Gasteiger charge is -2.10. The number of benzene rings is 1. The van der Waals surface area contributed by atoms with Crippen LogP contribution in [0.1, 0.15) is 12.2 Å². The molecular weight excluding hydrogens is 423 g/mol. The number of aliphatic imine (C=N–C) groups is 1. The minimum atomic E-state index is 0. The fourth-order valence-corrected chi connectivity index (χ4v) is 2.20. The maximum atomic E-state index is 5.90. The van der Waals surface area contributed by atoms with Crippen molar-refractivity contribution in [2.45, 2.75) is 12.8 Å². The largest absolute Gasteiger partial charge is 0.490 e. The van der Waals surface area contributed by atoms with E-state index in [1.807, 2.05) is 25.2 Å². The summed E-state index contributed by atoms with van der Waals surface area (Å²) in [7, 11) is 1.83. The second kappa shape index (κ2) is 8.71. The molecule has 0 aliphatic carbocycles. The second-order valence-electron chi connectivity index (χ2n) is 5.19. The van der Waals surface area contributed by atoms with Crippen molar-refractivity contribution in [2.75, 3.05) is 25.1 Å². The summed E-state index contributed by atoms with van der Waals surface area (Å²) < 4.78 is 12.9. The maximum Gasteiger partial charge on any atom is 0.193 e. The van der Waals surface area contributed by atoms with Crippen LogP contribution < -0.4 is 20.5 Å². The Labute approximate surface area is 157 Å². The lowest BCUT2D eigenvalue weighted by molar-refractivity contribution is 0.297. The fourth-order valence-electron chi connectivity index (χ4n) is 2.20. The molecule has 0 unspecified atom stereocenters. The highest BCUT2D eigenvalue weighted by Crippen LogP contribution is 2.32. The number of nitrogens with two attached hydrogens (primary N) is 1. The van der Waals surface area contributed by atoms with Crippen LogP contribution in [0.5, 0.6) is 11.5 Å². The lowest BCUT2D eigenvalue weighted by atomic mass is 10.3. The van der Waals surface area contributed by atoms with Gasteiger partial charge in [-0.3, -0.25) is 9.67 Å². The number of rotatable bonds is 4. The Morgan fingerprint density at radius 2 is 2.12 bits per heavy atom. The molecule has 1 aliphatic heterocycles. The molecule has 0 spiro atoms. The molecule has 8 nitrogen and oxygen atoms in total. The smallest absolute Gasteiger partial charge is 0.193 e. The van der Waals surface area contributed by atoms with Gasteiger partial charge in [0.05, 0.1) is 13.2 Å². The first kappa shape index (κ1) is 18.3. The highest BCUT2D eigenvalue weighted by atomic mass is 127. The third kappa shape index (κ3) is 4.98. The quantitative estimate of drug-likeness (QED) is 0.422. The van der Waals surface area contributed by atoms with E-state index < -0.39 is 0 Å². The molecule has 2 aromatic rings. The van der Waals surface area contributed by atoms with E-state index in [4.69, 9.17) is 15.2 Å². The molecule has 3 rings (SSSR count). The van der Waals surface area contributed by atoms with Gasteiger partial charge in [-0.15, -0.1) is 24.0 Å². The Kier molecular flexibility index (Phi) is 6.64. The number of guanidine groups is 1. The number of aryl methyl sites for hydroxylation is 1. The summed E-state index contributed by atoms with van der Waals surface area (Å²) in [6.07, 6.45) is 3.19. The molecule has 9 heteroatoms. The Morgan fingerprint density at radius 1 is 1.33 bits per heavy atom. The minimum Gasteiger partial charge on any atom is -0.490 e. The molecule has 1 aromatic carbocycles. The van der Waals surface area contributed by atoms with Crippen molar-refractivity contribution in [1.82, 2.24) is 14.8 Å². The van der Waals surface area contributed by atoms with E-state index in [0.717, 1.165) is 29.4 Å². The van der Waals surface area contributed by atoms with E-state index in [1.165, 1.54) is 0 Å².